The van der Waals surface area contributed by atoms with Crippen LogP contribution >= 0.6 is 0 Å². The maximum absolute atomic E-state index is 5.16. The Kier molecular flexibility index (Phi) is 7.80. The molecule has 0 amide bonds. The molecule has 0 aliphatic heterocycles. The van der Waals surface area contributed by atoms with E-state index in [0.717, 1.165) is 55.7 Å². The van der Waals surface area contributed by atoms with Crippen LogP contribution in [0.5, 0.6) is 0 Å². The third-order valence-electron chi connectivity index (χ3n) is 12.5. The predicted molar refractivity (Wildman–Crippen MR) is 259 cm³/mol. The van der Waals surface area contributed by atoms with Crippen molar-refractivity contribution in [2.45, 2.75) is 0 Å². The highest BCUT2D eigenvalue weighted by Crippen LogP contribution is 2.44. The van der Waals surface area contributed by atoms with Crippen molar-refractivity contribution in [3.8, 4) is 51.2 Å². The van der Waals surface area contributed by atoms with Crippen molar-refractivity contribution in [1.29, 1.82) is 0 Å². The van der Waals surface area contributed by atoms with Gasteiger partial charge >= 0.3 is 0 Å². The lowest BCUT2D eigenvalue weighted by Gasteiger charge is -2.12. The van der Waals surface area contributed by atoms with Gasteiger partial charge in [-0.25, -0.2) is 15.0 Å². The van der Waals surface area contributed by atoms with Crippen molar-refractivity contribution in [1.82, 2.24) is 28.7 Å². The molecular formula is C57H36N6. The second kappa shape index (κ2) is 14.0. The number of hydrogen-bond donors (Lipinski definition) is 0. The number of benzene rings is 9. The third-order valence-corrected chi connectivity index (χ3v) is 12.5. The van der Waals surface area contributed by atoms with E-state index in [2.05, 4.69) is 196 Å². The quantitative estimate of drug-likeness (QED) is 0.168. The molecule has 0 aliphatic carbocycles. The van der Waals surface area contributed by atoms with Gasteiger partial charge in [0.1, 0.15) is 0 Å². The molecule has 9 aromatic carbocycles. The van der Waals surface area contributed by atoms with E-state index in [9.17, 15) is 0 Å². The monoisotopic (exact) mass is 804 g/mol. The topological polar surface area (TPSA) is 53.5 Å². The maximum atomic E-state index is 5.16. The Hall–Kier alpha value is -8.61. The molecule has 13 aromatic rings. The van der Waals surface area contributed by atoms with Gasteiger partial charge in [-0.15, -0.1) is 0 Å². The van der Waals surface area contributed by atoms with Gasteiger partial charge in [0, 0.05) is 66.1 Å². The highest BCUT2D eigenvalue weighted by molar-refractivity contribution is 6.26. The lowest BCUT2D eigenvalue weighted by atomic mass is 10.1. The Morgan fingerprint density at radius 3 is 1.35 bits per heavy atom. The zero-order chi connectivity index (χ0) is 41.4. The summed E-state index contributed by atoms with van der Waals surface area (Å²) in [5.74, 6) is 1.88. The van der Waals surface area contributed by atoms with Crippen LogP contribution < -0.4 is 0 Å². The van der Waals surface area contributed by atoms with Crippen LogP contribution in [0.2, 0.25) is 0 Å². The molecule has 4 heterocycles. The van der Waals surface area contributed by atoms with Crippen molar-refractivity contribution in [3.05, 3.63) is 218 Å². The minimum atomic E-state index is 0.617. The molecule has 13 rings (SSSR count). The summed E-state index contributed by atoms with van der Waals surface area (Å²) in [7, 11) is 0. The fourth-order valence-electron chi connectivity index (χ4n) is 9.71. The van der Waals surface area contributed by atoms with E-state index in [-0.39, 0.29) is 0 Å². The average molecular weight is 805 g/mol. The van der Waals surface area contributed by atoms with Crippen LogP contribution in [0.3, 0.4) is 0 Å². The van der Waals surface area contributed by atoms with Gasteiger partial charge in [0.2, 0.25) is 0 Å². The van der Waals surface area contributed by atoms with Gasteiger partial charge in [0.05, 0.1) is 33.1 Å². The summed E-state index contributed by atoms with van der Waals surface area (Å²) in [6.45, 7) is 0. The molecule has 6 nitrogen and oxygen atoms in total. The number of fused-ring (bicyclic) bond motifs is 10. The largest absolute Gasteiger partial charge is 0.309 e. The first-order valence-electron chi connectivity index (χ1n) is 21.3. The highest BCUT2D eigenvalue weighted by Gasteiger charge is 2.23. The molecule has 0 spiro atoms. The average Bonchev–Trinajstić information content (AvgIpc) is 4.00. The van der Waals surface area contributed by atoms with Gasteiger partial charge in [0.25, 0.3) is 0 Å². The fourth-order valence-corrected chi connectivity index (χ4v) is 9.71. The molecule has 4 aromatic heterocycles. The molecule has 0 bridgehead atoms. The molecule has 0 saturated carbocycles. The minimum Gasteiger partial charge on any atom is -0.309 e. The van der Waals surface area contributed by atoms with Crippen molar-refractivity contribution in [2.24, 2.45) is 0 Å². The second-order valence-corrected chi connectivity index (χ2v) is 16.0. The van der Waals surface area contributed by atoms with Crippen LogP contribution in [0, 0.1) is 0 Å². The lowest BCUT2D eigenvalue weighted by molar-refractivity contribution is 1.07. The summed E-state index contributed by atoms with van der Waals surface area (Å²) in [6, 6.07) is 77.4. The van der Waals surface area contributed by atoms with E-state index in [1.165, 1.54) is 43.5 Å². The van der Waals surface area contributed by atoms with E-state index in [1.54, 1.807) is 0 Å². The third kappa shape index (κ3) is 5.48. The number of hydrogen-bond acceptors (Lipinski definition) is 3. The summed E-state index contributed by atoms with van der Waals surface area (Å²) in [6.07, 6.45) is 0. The number of rotatable bonds is 6. The number of aromatic nitrogens is 6. The van der Waals surface area contributed by atoms with E-state index in [0.29, 0.717) is 17.5 Å². The Bertz CT molecular complexity index is 3830. The first kappa shape index (κ1) is 35.2. The zero-order valence-electron chi connectivity index (χ0n) is 34.0. The van der Waals surface area contributed by atoms with Gasteiger partial charge in [-0.05, 0) is 66.7 Å². The molecular weight excluding hydrogens is 769 g/mol. The normalized spacial score (nSPS) is 11.8. The van der Waals surface area contributed by atoms with Crippen molar-refractivity contribution < 1.29 is 0 Å². The van der Waals surface area contributed by atoms with Gasteiger partial charge in [0.15, 0.2) is 17.5 Å². The summed E-state index contributed by atoms with van der Waals surface area (Å²) < 4.78 is 7.24. The van der Waals surface area contributed by atoms with Gasteiger partial charge < -0.3 is 13.7 Å². The van der Waals surface area contributed by atoms with Crippen molar-refractivity contribution >= 4 is 65.4 Å². The zero-order valence-corrected chi connectivity index (χ0v) is 34.0. The highest BCUT2D eigenvalue weighted by atomic mass is 15.0. The van der Waals surface area contributed by atoms with Crippen LogP contribution in [0.1, 0.15) is 0 Å². The minimum absolute atomic E-state index is 0.617. The first-order valence-corrected chi connectivity index (χ1v) is 21.3. The summed E-state index contributed by atoms with van der Waals surface area (Å²) in [4.78, 5) is 15.3. The van der Waals surface area contributed by atoms with Crippen LogP contribution in [0.4, 0.5) is 0 Å². The van der Waals surface area contributed by atoms with Crippen molar-refractivity contribution in [2.75, 3.05) is 0 Å². The standard InChI is InChI=1S/C57H36N6/c1-5-17-37(18-6-1)55-58-56(38-19-7-2-8-20-38)60-57(59-55)39-29-31-46-52(35-39)62(42-30-33-50-47(36-42)44-26-14-15-27-48(44)61(50)40-21-9-3-10-22-40)51-34-32-45-43-25-13-16-28-49(43)63(54(45)53(46)51)41-23-11-4-12-24-41/h1-36H. The van der Waals surface area contributed by atoms with Crippen LogP contribution in [0.25, 0.3) is 117 Å². The molecule has 0 N–H and O–H groups in total. The second-order valence-electron chi connectivity index (χ2n) is 16.0. The van der Waals surface area contributed by atoms with Crippen LogP contribution in [0.15, 0.2) is 218 Å². The molecule has 0 atom stereocenters. The Labute approximate surface area is 362 Å². The predicted octanol–water partition coefficient (Wildman–Crippen LogP) is 14.2. The van der Waals surface area contributed by atoms with Crippen LogP contribution in [-0.4, -0.2) is 28.7 Å². The lowest BCUT2D eigenvalue weighted by Crippen LogP contribution is -2.00. The van der Waals surface area contributed by atoms with Crippen molar-refractivity contribution in [3.63, 3.8) is 0 Å². The fraction of sp³-hybridized carbons (Fsp3) is 0. The van der Waals surface area contributed by atoms with E-state index in [1.807, 2.05) is 36.4 Å². The van der Waals surface area contributed by atoms with E-state index in [4.69, 9.17) is 15.0 Å². The summed E-state index contributed by atoms with van der Waals surface area (Å²) in [5, 5.41) is 7.16. The van der Waals surface area contributed by atoms with E-state index < -0.39 is 0 Å². The Morgan fingerprint density at radius 1 is 0.254 bits per heavy atom. The van der Waals surface area contributed by atoms with E-state index >= 15 is 0 Å². The Balaban J connectivity index is 1.14. The molecule has 0 saturated heterocycles. The Morgan fingerprint density at radius 2 is 0.714 bits per heavy atom. The summed E-state index contributed by atoms with van der Waals surface area (Å²) >= 11 is 0. The van der Waals surface area contributed by atoms with Gasteiger partial charge in [-0.3, -0.25) is 0 Å². The maximum Gasteiger partial charge on any atom is 0.164 e. The molecule has 0 fully saturated rings. The number of nitrogens with zero attached hydrogens (tertiary/aromatic N) is 6. The SMILES string of the molecule is c1ccc(-c2nc(-c3ccccc3)nc(-c3ccc4c5c(ccc6c7ccccc7n(-c7ccccc7)c65)n(-c5ccc6c(c5)c5ccccc5n6-c5ccccc5)c4c3)n2)cc1. The van der Waals surface area contributed by atoms with Gasteiger partial charge in [-0.2, -0.15) is 0 Å². The molecule has 0 aliphatic rings. The molecule has 63 heavy (non-hydrogen) atoms. The first-order chi connectivity index (χ1) is 31.3. The van der Waals surface area contributed by atoms with Crippen LogP contribution in [-0.2, 0) is 0 Å². The molecule has 6 heteroatoms. The molecule has 294 valence electrons. The molecule has 0 radical (unpaired) electrons. The smallest absolute Gasteiger partial charge is 0.164 e. The van der Waals surface area contributed by atoms with Gasteiger partial charge in [-0.1, -0.05) is 152 Å². The number of para-hydroxylation sites is 4. The molecule has 0 unspecified atom stereocenters. The summed E-state index contributed by atoms with van der Waals surface area (Å²) in [5.41, 5.74) is 13.0.